The SMILES string of the molecule is N#CC([SeH])c1ccc(C=O)cc1. The molecular formula is C9H7NOSe. The van der Waals surface area contributed by atoms with Crippen molar-refractivity contribution >= 4 is 22.3 Å². The molecule has 0 heterocycles. The van der Waals surface area contributed by atoms with Gasteiger partial charge in [0.1, 0.15) is 0 Å². The molecule has 1 unspecified atom stereocenters. The van der Waals surface area contributed by atoms with Gasteiger partial charge in [0.25, 0.3) is 0 Å². The van der Waals surface area contributed by atoms with E-state index in [4.69, 9.17) is 5.26 Å². The van der Waals surface area contributed by atoms with Gasteiger partial charge in [-0.05, 0) is 0 Å². The number of benzene rings is 1. The van der Waals surface area contributed by atoms with Gasteiger partial charge in [-0.25, -0.2) is 0 Å². The van der Waals surface area contributed by atoms with Crippen LogP contribution in [0.5, 0.6) is 0 Å². The normalized spacial score (nSPS) is 11.7. The average Bonchev–Trinajstić information content (AvgIpc) is 2.17. The summed E-state index contributed by atoms with van der Waals surface area (Å²) < 4.78 is 0. The predicted molar refractivity (Wildman–Crippen MR) is 47.3 cm³/mol. The topological polar surface area (TPSA) is 40.9 Å². The van der Waals surface area contributed by atoms with Crippen molar-refractivity contribution in [3.05, 3.63) is 35.4 Å². The van der Waals surface area contributed by atoms with Crippen LogP contribution in [0, 0.1) is 11.3 Å². The van der Waals surface area contributed by atoms with Gasteiger partial charge < -0.3 is 0 Å². The second-order valence-corrected chi connectivity index (χ2v) is 3.40. The summed E-state index contributed by atoms with van der Waals surface area (Å²) in [6, 6.07) is 9.09. The Labute approximate surface area is 79.0 Å². The number of hydrogen-bond donors (Lipinski definition) is 0. The fourth-order valence-electron chi connectivity index (χ4n) is 0.831. The molecule has 0 saturated heterocycles. The molecule has 0 bridgehead atoms. The Balaban J connectivity index is 2.93. The molecule has 0 spiro atoms. The molecule has 0 fully saturated rings. The van der Waals surface area contributed by atoms with Gasteiger partial charge in [0.05, 0.1) is 0 Å². The second-order valence-electron chi connectivity index (χ2n) is 2.32. The van der Waals surface area contributed by atoms with E-state index in [1.165, 1.54) is 0 Å². The second kappa shape index (κ2) is 4.06. The Kier molecular flexibility index (Phi) is 3.04. The van der Waals surface area contributed by atoms with E-state index < -0.39 is 0 Å². The minimum atomic E-state index is -0.168. The third-order valence-corrected chi connectivity index (χ3v) is 2.38. The number of hydrogen-bond acceptors (Lipinski definition) is 2. The van der Waals surface area contributed by atoms with E-state index >= 15 is 0 Å². The molecule has 1 aromatic rings. The fourth-order valence-corrected chi connectivity index (χ4v) is 1.19. The first kappa shape index (κ1) is 8.99. The summed E-state index contributed by atoms with van der Waals surface area (Å²) >= 11 is 2.28. The maximum absolute atomic E-state index is 10.3. The Morgan fingerprint density at radius 3 is 2.42 bits per heavy atom. The number of rotatable bonds is 2. The number of nitrogens with zero attached hydrogens (tertiary/aromatic N) is 1. The summed E-state index contributed by atoms with van der Waals surface area (Å²) in [5, 5.41) is 8.58. The van der Waals surface area contributed by atoms with Gasteiger partial charge in [-0.3, -0.25) is 0 Å². The Bertz CT molecular complexity index is 312. The molecule has 60 valence electrons. The van der Waals surface area contributed by atoms with Gasteiger partial charge in [-0.2, -0.15) is 0 Å². The molecule has 0 N–H and O–H groups in total. The monoisotopic (exact) mass is 225 g/mol. The summed E-state index contributed by atoms with van der Waals surface area (Å²) in [5.41, 5.74) is 1.56. The molecule has 12 heavy (non-hydrogen) atoms. The van der Waals surface area contributed by atoms with Crippen molar-refractivity contribution in [2.75, 3.05) is 0 Å². The third-order valence-electron chi connectivity index (χ3n) is 1.51. The summed E-state index contributed by atoms with van der Waals surface area (Å²) in [4.78, 5) is 10.1. The molecule has 1 aromatic carbocycles. The molecule has 0 radical (unpaired) electrons. The van der Waals surface area contributed by atoms with Crippen LogP contribution in [0.4, 0.5) is 0 Å². The van der Waals surface area contributed by atoms with Crippen molar-refractivity contribution in [3.8, 4) is 6.07 Å². The van der Waals surface area contributed by atoms with Crippen molar-refractivity contribution in [1.29, 1.82) is 5.26 Å². The van der Waals surface area contributed by atoms with E-state index in [0.29, 0.717) is 5.56 Å². The standard InChI is InChI=1S/C9H7NOSe/c10-5-9(12)8-3-1-7(6-11)2-4-8/h1-4,6,9,12H. The van der Waals surface area contributed by atoms with E-state index in [2.05, 4.69) is 22.1 Å². The van der Waals surface area contributed by atoms with Crippen LogP contribution in [-0.2, 0) is 0 Å². The molecule has 1 atom stereocenters. The first-order valence-corrected chi connectivity index (χ1v) is 4.49. The average molecular weight is 224 g/mol. The summed E-state index contributed by atoms with van der Waals surface area (Å²) in [6.07, 6.45) is 0.787. The fraction of sp³-hybridized carbons (Fsp3) is 0.111. The molecule has 0 aliphatic rings. The van der Waals surface area contributed by atoms with Crippen LogP contribution in [-0.4, -0.2) is 22.3 Å². The van der Waals surface area contributed by atoms with Crippen LogP contribution < -0.4 is 0 Å². The van der Waals surface area contributed by atoms with Crippen molar-refractivity contribution in [1.82, 2.24) is 0 Å². The molecule has 1 rings (SSSR count). The first-order valence-electron chi connectivity index (χ1n) is 3.40. The molecule has 0 aliphatic carbocycles. The summed E-state index contributed by atoms with van der Waals surface area (Å²) in [7, 11) is 0. The van der Waals surface area contributed by atoms with Crippen molar-refractivity contribution in [2.45, 2.75) is 4.82 Å². The minimum absolute atomic E-state index is 0.168. The first-order chi connectivity index (χ1) is 5.77. The quantitative estimate of drug-likeness (QED) is 0.554. The van der Waals surface area contributed by atoms with Gasteiger partial charge in [0, 0.05) is 0 Å². The molecule has 2 nitrogen and oxygen atoms in total. The third kappa shape index (κ3) is 1.94. The predicted octanol–water partition coefficient (Wildman–Crippen LogP) is 0.965. The zero-order chi connectivity index (χ0) is 8.97. The molecule has 0 aromatic heterocycles. The van der Waals surface area contributed by atoms with Gasteiger partial charge in [-0.1, -0.05) is 0 Å². The van der Waals surface area contributed by atoms with Gasteiger partial charge in [0.2, 0.25) is 0 Å². The molecule has 0 aliphatic heterocycles. The molecule has 0 saturated carbocycles. The Morgan fingerprint density at radius 2 is 2.00 bits per heavy atom. The van der Waals surface area contributed by atoms with E-state index in [0.717, 1.165) is 11.8 Å². The van der Waals surface area contributed by atoms with Crippen LogP contribution in [0.1, 0.15) is 20.7 Å². The van der Waals surface area contributed by atoms with Gasteiger partial charge in [-0.15, -0.1) is 0 Å². The van der Waals surface area contributed by atoms with Gasteiger partial charge in [0.15, 0.2) is 0 Å². The van der Waals surface area contributed by atoms with Crippen molar-refractivity contribution in [3.63, 3.8) is 0 Å². The van der Waals surface area contributed by atoms with Crippen LogP contribution >= 0.6 is 0 Å². The Hall–Kier alpha value is -1.10. The molecule has 3 heteroatoms. The zero-order valence-corrected chi connectivity index (χ0v) is 8.14. The Morgan fingerprint density at radius 1 is 1.42 bits per heavy atom. The number of nitriles is 1. The van der Waals surface area contributed by atoms with E-state index in [1.807, 2.05) is 0 Å². The number of carbonyl (C=O) groups excluding carboxylic acids is 1. The maximum atomic E-state index is 10.3. The number of aldehydes is 1. The van der Waals surface area contributed by atoms with Crippen LogP contribution in [0.3, 0.4) is 0 Å². The molecular weight excluding hydrogens is 217 g/mol. The van der Waals surface area contributed by atoms with E-state index in [1.54, 1.807) is 24.3 Å². The van der Waals surface area contributed by atoms with E-state index in [9.17, 15) is 4.79 Å². The number of carbonyl (C=O) groups is 1. The van der Waals surface area contributed by atoms with Crippen LogP contribution in [0.2, 0.25) is 0 Å². The van der Waals surface area contributed by atoms with Crippen LogP contribution in [0.15, 0.2) is 24.3 Å². The van der Waals surface area contributed by atoms with E-state index in [-0.39, 0.29) is 4.82 Å². The van der Waals surface area contributed by atoms with Gasteiger partial charge >= 0.3 is 78.6 Å². The molecule has 0 amide bonds. The summed E-state index contributed by atoms with van der Waals surface area (Å²) in [6.45, 7) is 0. The van der Waals surface area contributed by atoms with Crippen LogP contribution in [0.25, 0.3) is 0 Å². The summed E-state index contributed by atoms with van der Waals surface area (Å²) in [5.74, 6) is 0. The van der Waals surface area contributed by atoms with Crippen molar-refractivity contribution < 1.29 is 4.79 Å². The zero-order valence-electron chi connectivity index (χ0n) is 6.27. The van der Waals surface area contributed by atoms with Crippen molar-refractivity contribution in [2.24, 2.45) is 0 Å².